The number of hydrogen-bond acceptors (Lipinski definition) is 17. The van der Waals surface area contributed by atoms with Gasteiger partial charge in [-0.25, -0.2) is 9.07 Å². The predicted molar refractivity (Wildman–Crippen MR) is 278 cm³/mol. The lowest BCUT2D eigenvalue weighted by atomic mass is 9.77. The van der Waals surface area contributed by atoms with Crippen LogP contribution in [0, 0.1) is 17.8 Å². The average molecular weight is 1050 g/mol. The summed E-state index contributed by atoms with van der Waals surface area (Å²) in [6.07, 6.45) is -2.01. The number of aliphatic hydroxyl groups excluding tert-OH is 2. The molecule has 2 aromatic rings. The maximum absolute atomic E-state index is 14.9. The molecule has 4 aliphatic rings. The molecule has 19 atom stereocenters. The van der Waals surface area contributed by atoms with E-state index in [1.165, 1.54) is 26.9 Å². The zero-order valence-corrected chi connectivity index (χ0v) is 46.9. The molecule has 4 N–H and O–H groups in total. The van der Waals surface area contributed by atoms with Gasteiger partial charge in [0.2, 0.25) is 0 Å². The van der Waals surface area contributed by atoms with Crippen LogP contribution in [-0.4, -0.2) is 197 Å². The van der Waals surface area contributed by atoms with Crippen molar-refractivity contribution >= 4 is 11.7 Å². The Bertz CT molecular complexity index is 2050. The van der Waals surface area contributed by atoms with Crippen LogP contribution in [0.3, 0.4) is 0 Å². The quantitative estimate of drug-likeness (QED) is 0.151. The third kappa shape index (κ3) is 14.0. The van der Waals surface area contributed by atoms with Gasteiger partial charge in [0.1, 0.15) is 42.7 Å². The van der Waals surface area contributed by atoms with Crippen LogP contribution in [0.2, 0.25) is 0 Å². The second kappa shape index (κ2) is 25.7. The molecule has 0 aliphatic carbocycles. The van der Waals surface area contributed by atoms with Gasteiger partial charge in [-0.15, -0.1) is 5.10 Å². The number of cyclic esters (lactones) is 1. The van der Waals surface area contributed by atoms with Crippen molar-refractivity contribution in [3.63, 3.8) is 0 Å². The van der Waals surface area contributed by atoms with E-state index in [9.17, 15) is 29.6 Å². The number of carbonyl (C=O) groups is 1. The van der Waals surface area contributed by atoms with E-state index < -0.39 is 109 Å². The van der Waals surface area contributed by atoms with Crippen LogP contribution < -0.4 is 4.90 Å². The van der Waals surface area contributed by atoms with Gasteiger partial charge in [0.25, 0.3) is 0 Å². The van der Waals surface area contributed by atoms with Crippen molar-refractivity contribution in [1.82, 2.24) is 24.8 Å². The van der Waals surface area contributed by atoms with E-state index in [2.05, 4.69) is 32.2 Å². The Labute approximate surface area is 440 Å². The Morgan fingerprint density at radius 3 is 2.23 bits per heavy atom. The highest BCUT2D eigenvalue weighted by Crippen LogP contribution is 2.41. The molecule has 4 saturated heterocycles. The van der Waals surface area contributed by atoms with Crippen molar-refractivity contribution in [2.24, 2.45) is 17.8 Å². The zero-order chi connectivity index (χ0) is 54.4. The fourth-order valence-electron chi connectivity index (χ4n) is 12.3. The number of likely N-dealkylation sites (N-methyl/N-ethyl adjacent to an activating group) is 2. The number of benzene rings is 1. The molecule has 0 bridgehead atoms. The average Bonchev–Trinajstić information content (AvgIpc) is 4.08. The van der Waals surface area contributed by atoms with Gasteiger partial charge in [0, 0.05) is 89.5 Å². The number of aliphatic hydroxyl groups is 4. The minimum atomic E-state index is -1.82. The number of alkyl halides is 1. The van der Waals surface area contributed by atoms with Crippen molar-refractivity contribution in [3.05, 3.63) is 41.7 Å². The maximum Gasteiger partial charge on any atom is 0.311 e. The largest absolute Gasteiger partial charge is 0.459 e. The molecular weight excluding hydrogens is 956 g/mol. The third-order valence-corrected chi connectivity index (χ3v) is 17.1. The number of methoxy groups -OCH3 is 2. The number of carbonyl (C=O) groups excluding carboxylic acids is 1. The Morgan fingerprint density at radius 2 is 1.61 bits per heavy atom. The molecule has 1 aromatic carbocycles. The van der Waals surface area contributed by atoms with E-state index in [0.29, 0.717) is 32.4 Å². The van der Waals surface area contributed by atoms with Crippen LogP contribution in [0.15, 0.2) is 30.5 Å². The minimum Gasteiger partial charge on any atom is -0.459 e. The molecule has 0 unspecified atom stereocenters. The summed E-state index contributed by atoms with van der Waals surface area (Å²) in [7, 11) is 7.03. The van der Waals surface area contributed by atoms with Gasteiger partial charge < -0.3 is 68.3 Å². The summed E-state index contributed by atoms with van der Waals surface area (Å²) in [5, 5.41) is 56.4. The molecule has 6 rings (SSSR count). The van der Waals surface area contributed by atoms with Crippen LogP contribution in [0.25, 0.3) is 0 Å². The Morgan fingerprint density at radius 1 is 0.932 bits per heavy atom. The summed E-state index contributed by atoms with van der Waals surface area (Å²) in [5.74, 6) is -2.54. The molecule has 74 heavy (non-hydrogen) atoms. The maximum atomic E-state index is 14.9. The van der Waals surface area contributed by atoms with Crippen molar-refractivity contribution in [2.75, 3.05) is 66.1 Å². The topological polar surface area (TPSA) is 203 Å². The lowest BCUT2D eigenvalue weighted by Crippen LogP contribution is -2.59. The highest BCUT2D eigenvalue weighted by molar-refractivity contribution is 5.73. The van der Waals surface area contributed by atoms with Crippen LogP contribution in [-0.2, 0) is 44.4 Å². The van der Waals surface area contributed by atoms with Gasteiger partial charge in [-0.1, -0.05) is 38.1 Å². The molecule has 0 saturated carbocycles. The van der Waals surface area contributed by atoms with Crippen LogP contribution in [0.4, 0.5) is 10.1 Å². The molecule has 0 amide bonds. The van der Waals surface area contributed by atoms with Gasteiger partial charge in [-0.2, -0.15) is 0 Å². The normalized spacial score (nSPS) is 39.4. The summed E-state index contributed by atoms with van der Waals surface area (Å²) < 4.78 is 61.1. The van der Waals surface area contributed by atoms with Crippen molar-refractivity contribution in [3.8, 4) is 0 Å². The van der Waals surface area contributed by atoms with Gasteiger partial charge in [-0.3, -0.25) is 4.79 Å². The number of halogens is 1. The van der Waals surface area contributed by atoms with E-state index in [1.807, 2.05) is 58.8 Å². The highest BCUT2D eigenvalue weighted by Gasteiger charge is 2.52. The summed E-state index contributed by atoms with van der Waals surface area (Å²) in [5.41, 5.74) is -1.64. The molecule has 422 valence electrons. The highest BCUT2D eigenvalue weighted by atomic mass is 19.1. The molecule has 0 radical (unpaired) electrons. The van der Waals surface area contributed by atoms with E-state index in [0.717, 1.165) is 30.0 Å². The molecule has 1 aromatic heterocycles. The number of rotatable bonds is 16. The molecule has 0 spiro atoms. The van der Waals surface area contributed by atoms with Crippen molar-refractivity contribution in [1.29, 1.82) is 0 Å². The first kappa shape index (κ1) is 60.3. The van der Waals surface area contributed by atoms with Crippen LogP contribution in [0.5, 0.6) is 0 Å². The first-order valence-electron chi connectivity index (χ1n) is 27.3. The van der Waals surface area contributed by atoms with E-state index in [-0.39, 0.29) is 37.3 Å². The van der Waals surface area contributed by atoms with E-state index in [4.69, 9.17) is 33.2 Å². The summed E-state index contributed by atoms with van der Waals surface area (Å²) in [6, 6.07) is 6.92. The van der Waals surface area contributed by atoms with E-state index >= 15 is 0 Å². The van der Waals surface area contributed by atoms with Crippen LogP contribution in [0.1, 0.15) is 138 Å². The monoisotopic (exact) mass is 1050 g/mol. The molecule has 4 aliphatic heterocycles. The first-order chi connectivity index (χ1) is 34.9. The number of anilines is 1. The molecular formula is C55H93FN6O12. The number of ether oxygens (including phenoxy) is 7. The number of hydrogen-bond donors (Lipinski definition) is 4. The molecule has 18 nitrogen and oxygen atoms in total. The number of esters is 1. The fourth-order valence-corrected chi connectivity index (χ4v) is 12.3. The smallest absolute Gasteiger partial charge is 0.311 e. The van der Waals surface area contributed by atoms with Crippen molar-refractivity contribution < 1.29 is 62.8 Å². The lowest BCUT2D eigenvalue weighted by molar-refractivity contribution is -0.308. The minimum absolute atomic E-state index is 0.00298. The second-order valence-electron chi connectivity index (χ2n) is 23.2. The Hall–Kier alpha value is -2.92. The summed E-state index contributed by atoms with van der Waals surface area (Å²) in [4.78, 5) is 21.1. The zero-order valence-electron chi connectivity index (χ0n) is 46.9. The Balaban J connectivity index is 1.23. The SMILES string of the molecule is CC[C@H]1OC(=O)[C@H](C)[C@@H](O[C@H]2C[C@@](C)(OC)[C@@H](O)[C@H](C)O2)[C@H](C)[C@@H](O[C@H]2C[C@@H](N(C)CCc3cn([C@H](CF)[C@H](OC)c4ccc(N5CCCC5)cc4)nn3)C[C@@H](C)O2)[C@](C)(O)C[C@@H](C)CN(C)[C@H](C)[C@@H](O)[C@]1(C)O. The fraction of sp³-hybridized carbons (Fsp3) is 0.836. The van der Waals surface area contributed by atoms with E-state index in [1.54, 1.807) is 52.6 Å². The van der Waals surface area contributed by atoms with Gasteiger partial charge in [0.05, 0.1) is 47.2 Å². The second-order valence-corrected chi connectivity index (χ2v) is 23.2. The summed E-state index contributed by atoms with van der Waals surface area (Å²) in [6.45, 7) is 20.4. The molecule has 4 fully saturated rings. The van der Waals surface area contributed by atoms with Gasteiger partial charge in [0.15, 0.2) is 12.6 Å². The van der Waals surface area contributed by atoms with Gasteiger partial charge in [-0.05, 0) is 118 Å². The first-order valence-corrected chi connectivity index (χ1v) is 27.3. The lowest BCUT2D eigenvalue weighted by Gasteiger charge is -2.48. The van der Waals surface area contributed by atoms with Crippen LogP contribution >= 0.6 is 0 Å². The standard InChI is InChI=1S/C55H93FN6O12/c1-15-44-55(10,67)49(63)37(6)60(12)31-33(2)28-53(8,66)51(35(4)47(36(5)52(65)72-44)73-46-29-54(9,69-14)50(64)38(7)71-46)74-45-27-42(26-34(3)70-45)59(11)25-22-40-32-62(58-57-40)43(30-56)48(68-13)39-18-20-41(21-19-39)61-23-16-17-24-61/h18-21,32-38,42-51,63-64,66-67H,15-17,22-31H2,1-14H3/t33-,34-,35+,36-,37-,38+,42+,43-,44-,45+,46+,47+,48-,49-,50+,51-,53-,54-,55-/m1/s1. The Kier molecular flexibility index (Phi) is 20.9. The summed E-state index contributed by atoms with van der Waals surface area (Å²) >= 11 is 0. The molecule has 5 heterocycles. The number of aromatic nitrogens is 3. The number of nitrogens with zero attached hydrogens (tertiary/aromatic N) is 6. The van der Waals surface area contributed by atoms with Gasteiger partial charge >= 0.3 is 5.97 Å². The third-order valence-electron chi connectivity index (χ3n) is 17.1. The predicted octanol–water partition coefficient (Wildman–Crippen LogP) is 5.63. The molecule has 19 heteroatoms. The van der Waals surface area contributed by atoms with Crippen molar-refractivity contribution in [2.45, 2.75) is 217 Å².